The Morgan fingerprint density at radius 2 is 1.86 bits per heavy atom. The summed E-state index contributed by atoms with van der Waals surface area (Å²) in [6.45, 7) is 4.72. The standard InChI is InChI=1S/C26H25F2NO5S/c1-16-5-4-6-20(11-16)35(32,33)29-15-19(14-26(2,3)25(30)31)34-24-10-7-17(12-23(24)29)21-13-18(27)8-9-22(21)28/h4-13,19H,14-15H2,1-3H3,(H,30,31)/t19-/m0/s1. The Labute approximate surface area is 202 Å². The number of aryl methyl sites for hydroxylation is 1. The van der Waals surface area contributed by atoms with Gasteiger partial charge in [-0.2, -0.15) is 0 Å². The first-order valence-electron chi connectivity index (χ1n) is 11.0. The zero-order valence-electron chi connectivity index (χ0n) is 19.5. The number of fused-ring (bicyclic) bond motifs is 1. The summed E-state index contributed by atoms with van der Waals surface area (Å²) in [6.07, 6.45) is -0.688. The number of benzene rings is 3. The van der Waals surface area contributed by atoms with Crippen LogP contribution in [0.2, 0.25) is 0 Å². The van der Waals surface area contributed by atoms with Gasteiger partial charge in [0.2, 0.25) is 0 Å². The lowest BCUT2D eigenvalue weighted by Crippen LogP contribution is -2.46. The average molecular weight is 502 g/mol. The van der Waals surface area contributed by atoms with Crippen LogP contribution >= 0.6 is 0 Å². The molecule has 4 rings (SSSR count). The van der Waals surface area contributed by atoms with E-state index >= 15 is 0 Å². The van der Waals surface area contributed by atoms with E-state index < -0.39 is 39.1 Å². The minimum absolute atomic E-state index is 0.0187. The van der Waals surface area contributed by atoms with Crippen LogP contribution in [-0.2, 0) is 14.8 Å². The van der Waals surface area contributed by atoms with Crippen LogP contribution in [0.25, 0.3) is 11.1 Å². The van der Waals surface area contributed by atoms with Gasteiger partial charge < -0.3 is 9.84 Å². The molecule has 1 aliphatic rings. The van der Waals surface area contributed by atoms with E-state index in [2.05, 4.69) is 0 Å². The molecule has 1 heterocycles. The predicted molar refractivity (Wildman–Crippen MR) is 128 cm³/mol. The highest BCUT2D eigenvalue weighted by Crippen LogP contribution is 2.42. The second-order valence-corrected chi connectivity index (χ2v) is 11.2. The van der Waals surface area contributed by atoms with Crippen LogP contribution in [-0.4, -0.2) is 32.1 Å². The fourth-order valence-electron chi connectivity index (χ4n) is 4.09. The fraction of sp³-hybridized carbons (Fsp3) is 0.269. The Hall–Kier alpha value is -3.46. The number of sulfonamides is 1. The molecule has 0 amide bonds. The van der Waals surface area contributed by atoms with E-state index in [-0.39, 0.29) is 40.4 Å². The first-order chi connectivity index (χ1) is 16.4. The Morgan fingerprint density at radius 3 is 2.54 bits per heavy atom. The van der Waals surface area contributed by atoms with Crippen molar-refractivity contribution < 1.29 is 31.8 Å². The maximum atomic E-state index is 14.5. The van der Waals surface area contributed by atoms with Crippen molar-refractivity contribution in [2.75, 3.05) is 10.8 Å². The topological polar surface area (TPSA) is 83.9 Å². The molecule has 3 aromatic carbocycles. The van der Waals surface area contributed by atoms with E-state index in [0.717, 1.165) is 28.1 Å². The highest BCUT2D eigenvalue weighted by atomic mass is 32.2. The van der Waals surface area contributed by atoms with Crippen molar-refractivity contribution in [3.63, 3.8) is 0 Å². The number of ether oxygens (including phenoxy) is 1. The zero-order chi connectivity index (χ0) is 25.5. The van der Waals surface area contributed by atoms with Gasteiger partial charge in [-0.05, 0) is 74.4 Å². The van der Waals surface area contributed by atoms with E-state index in [1.54, 1.807) is 32.9 Å². The van der Waals surface area contributed by atoms with Crippen LogP contribution in [0, 0.1) is 24.0 Å². The molecule has 0 aliphatic carbocycles. The summed E-state index contributed by atoms with van der Waals surface area (Å²) in [4.78, 5) is 11.7. The number of carboxylic acid groups (broad SMARTS) is 1. The van der Waals surface area contributed by atoms with Gasteiger partial charge in [-0.1, -0.05) is 18.2 Å². The number of nitrogens with zero attached hydrogens (tertiary/aromatic N) is 1. The van der Waals surface area contributed by atoms with Gasteiger partial charge in [0.15, 0.2) is 0 Å². The highest BCUT2D eigenvalue weighted by molar-refractivity contribution is 7.92. The van der Waals surface area contributed by atoms with E-state index in [0.29, 0.717) is 0 Å². The lowest BCUT2D eigenvalue weighted by molar-refractivity contribution is -0.148. The molecule has 35 heavy (non-hydrogen) atoms. The third-order valence-corrected chi connectivity index (χ3v) is 7.80. The van der Waals surface area contributed by atoms with Crippen molar-refractivity contribution in [1.29, 1.82) is 0 Å². The zero-order valence-corrected chi connectivity index (χ0v) is 20.3. The molecule has 3 aromatic rings. The normalized spacial score (nSPS) is 15.9. The van der Waals surface area contributed by atoms with Crippen molar-refractivity contribution in [2.45, 2.75) is 38.2 Å². The van der Waals surface area contributed by atoms with Gasteiger partial charge >= 0.3 is 5.97 Å². The quantitative estimate of drug-likeness (QED) is 0.489. The largest absolute Gasteiger partial charge is 0.486 e. The summed E-state index contributed by atoms with van der Waals surface area (Å²) < 4.78 is 62.9. The van der Waals surface area contributed by atoms with Gasteiger partial charge in [0.05, 0.1) is 22.5 Å². The fourth-order valence-corrected chi connectivity index (χ4v) is 5.70. The minimum atomic E-state index is -4.09. The molecule has 1 atom stereocenters. The van der Waals surface area contributed by atoms with E-state index in [1.807, 2.05) is 0 Å². The molecule has 1 N–H and O–H groups in total. The Morgan fingerprint density at radius 1 is 1.11 bits per heavy atom. The number of hydrogen-bond acceptors (Lipinski definition) is 4. The predicted octanol–water partition coefficient (Wildman–Crippen LogP) is 5.40. The summed E-state index contributed by atoms with van der Waals surface area (Å²) in [5.74, 6) is -2.11. The average Bonchev–Trinajstić information content (AvgIpc) is 2.79. The maximum absolute atomic E-state index is 14.5. The number of anilines is 1. The molecule has 9 heteroatoms. The monoisotopic (exact) mass is 501 g/mol. The van der Waals surface area contributed by atoms with Crippen LogP contribution < -0.4 is 9.04 Å². The molecule has 1 aliphatic heterocycles. The maximum Gasteiger partial charge on any atom is 0.309 e. The number of carbonyl (C=O) groups is 1. The highest BCUT2D eigenvalue weighted by Gasteiger charge is 2.39. The molecule has 0 spiro atoms. The first kappa shape index (κ1) is 24.7. The summed E-state index contributed by atoms with van der Waals surface area (Å²) in [6, 6.07) is 13.9. The van der Waals surface area contributed by atoms with E-state index in [1.165, 1.54) is 30.3 Å². The number of halogens is 2. The molecule has 184 valence electrons. The SMILES string of the molecule is Cc1cccc(S(=O)(=O)N2C[C@H](CC(C)(C)C(=O)O)Oc3ccc(-c4cc(F)ccc4F)cc32)c1. The van der Waals surface area contributed by atoms with Crippen molar-refractivity contribution in [3.05, 3.63) is 77.9 Å². The molecule has 0 aromatic heterocycles. The van der Waals surface area contributed by atoms with Crippen molar-refractivity contribution in [3.8, 4) is 16.9 Å². The van der Waals surface area contributed by atoms with E-state index in [9.17, 15) is 27.1 Å². The first-order valence-corrected chi connectivity index (χ1v) is 12.4. The summed E-state index contributed by atoms with van der Waals surface area (Å²) in [5, 5.41) is 9.56. The number of carboxylic acids is 1. The number of rotatable bonds is 6. The van der Waals surface area contributed by atoms with Crippen molar-refractivity contribution in [1.82, 2.24) is 0 Å². The van der Waals surface area contributed by atoms with E-state index in [4.69, 9.17) is 4.74 Å². The Bertz CT molecular complexity index is 1400. The minimum Gasteiger partial charge on any atom is -0.486 e. The summed E-state index contributed by atoms with van der Waals surface area (Å²) in [7, 11) is -4.09. The Kier molecular flexibility index (Phi) is 6.31. The molecule has 0 radical (unpaired) electrons. The van der Waals surface area contributed by atoms with Gasteiger partial charge in [-0.15, -0.1) is 0 Å². The second-order valence-electron chi connectivity index (χ2n) is 9.29. The van der Waals surface area contributed by atoms with Crippen LogP contribution in [0.5, 0.6) is 5.75 Å². The van der Waals surface area contributed by atoms with Gasteiger partial charge in [0, 0.05) is 12.0 Å². The third-order valence-electron chi connectivity index (χ3n) is 6.02. The van der Waals surface area contributed by atoms with Gasteiger partial charge in [0.25, 0.3) is 10.0 Å². The van der Waals surface area contributed by atoms with Gasteiger partial charge in [-0.25, -0.2) is 17.2 Å². The molecule has 0 saturated heterocycles. The molecular formula is C26H25F2NO5S. The van der Waals surface area contributed by atoms with Crippen molar-refractivity contribution in [2.24, 2.45) is 5.41 Å². The van der Waals surface area contributed by atoms with Crippen LogP contribution in [0.1, 0.15) is 25.8 Å². The number of aliphatic carboxylic acids is 1. The number of hydrogen-bond donors (Lipinski definition) is 1. The molecular weight excluding hydrogens is 476 g/mol. The molecule has 0 saturated carbocycles. The smallest absolute Gasteiger partial charge is 0.309 e. The molecule has 0 bridgehead atoms. The lowest BCUT2D eigenvalue weighted by Gasteiger charge is -2.38. The van der Waals surface area contributed by atoms with Gasteiger partial charge in [0.1, 0.15) is 23.5 Å². The van der Waals surface area contributed by atoms with Crippen LogP contribution in [0.4, 0.5) is 14.5 Å². The summed E-state index contributed by atoms with van der Waals surface area (Å²) in [5.41, 5.74) is 0.00895. The Balaban J connectivity index is 1.84. The summed E-state index contributed by atoms with van der Waals surface area (Å²) >= 11 is 0. The molecule has 0 unspecified atom stereocenters. The molecule has 6 nitrogen and oxygen atoms in total. The van der Waals surface area contributed by atoms with Crippen LogP contribution in [0.3, 0.4) is 0 Å². The molecule has 0 fully saturated rings. The van der Waals surface area contributed by atoms with Crippen LogP contribution in [0.15, 0.2) is 65.6 Å². The second kappa shape index (κ2) is 8.96. The lowest BCUT2D eigenvalue weighted by atomic mass is 9.86. The van der Waals surface area contributed by atoms with Gasteiger partial charge in [-0.3, -0.25) is 9.10 Å². The van der Waals surface area contributed by atoms with Crippen molar-refractivity contribution >= 4 is 21.7 Å². The third kappa shape index (κ3) is 4.86.